The van der Waals surface area contributed by atoms with Gasteiger partial charge < -0.3 is 44.7 Å². The van der Waals surface area contributed by atoms with Crippen LogP contribution in [0.4, 0.5) is 0 Å². The maximum Gasteiger partial charge on any atom is 0.338 e. The summed E-state index contributed by atoms with van der Waals surface area (Å²) in [5, 5.41) is 53.3. The lowest BCUT2D eigenvalue weighted by molar-refractivity contribution is -0.346. The SMILES string of the molecule is CC(=O)O[C@@]12COC1C[C@H](O)[C@@]1(C)C(=O)[C@H](O)C3=C(C)[C@@H](OC(=O)[C@H](O)[C@@H](NC(=O)c4cccs4)C(C)(C)C)C[C@@](O)([C@@H](OC(=O)c4ccccc4)[C@@H]12)C3(C)C. The van der Waals surface area contributed by atoms with E-state index in [9.17, 15) is 44.4 Å². The first kappa shape index (κ1) is 41.6. The third-order valence-corrected chi connectivity index (χ3v) is 13.6. The summed E-state index contributed by atoms with van der Waals surface area (Å²) >= 11 is 1.18. The van der Waals surface area contributed by atoms with E-state index in [-0.39, 0.29) is 29.7 Å². The van der Waals surface area contributed by atoms with Crippen LogP contribution in [0.1, 0.15) is 88.3 Å². The largest absolute Gasteiger partial charge is 0.456 e. The van der Waals surface area contributed by atoms with Crippen LogP contribution in [0.25, 0.3) is 0 Å². The minimum Gasteiger partial charge on any atom is -0.456 e. The maximum absolute atomic E-state index is 14.9. The number of amides is 1. The zero-order valence-corrected chi connectivity index (χ0v) is 33.5. The predicted molar refractivity (Wildman–Crippen MR) is 200 cm³/mol. The maximum atomic E-state index is 14.9. The standard InChI is InChI=1S/C41H51NO13S/c1-20-23(53-36(50)29(46)31(37(3,4)5)42-34(48)24-15-12-16-56-24)18-41(51)33(54-35(49)22-13-10-9-11-14-22)30-39(8,32(47)28(45)27(20)38(41,6)7)25(44)17-26-40(30,19-52-26)55-21(2)43/h9-16,23,25-26,28-31,33,44-46,51H,17-19H2,1-8H3,(H,42,48)/t23-,25-,26?,28+,29+,30-,31+,33-,39+,40-,41+/m0/s1. The molecule has 1 unspecified atom stereocenters. The normalized spacial score (nSPS) is 34.6. The van der Waals surface area contributed by atoms with Crippen LogP contribution in [-0.2, 0) is 33.3 Å². The smallest absolute Gasteiger partial charge is 0.338 e. The van der Waals surface area contributed by atoms with E-state index in [1.165, 1.54) is 37.3 Å². The number of thiophene rings is 1. The second-order valence-electron chi connectivity index (χ2n) is 17.3. The fourth-order valence-corrected chi connectivity index (χ4v) is 10.1. The number of esters is 3. The lowest BCUT2D eigenvalue weighted by atomic mass is 9.44. The number of carbonyl (C=O) groups is 5. The third-order valence-electron chi connectivity index (χ3n) is 12.7. The molecule has 4 aliphatic rings. The first-order chi connectivity index (χ1) is 26.0. The van der Waals surface area contributed by atoms with Gasteiger partial charge in [0.15, 0.2) is 17.5 Å². The van der Waals surface area contributed by atoms with Crippen LogP contribution >= 0.6 is 11.3 Å². The molecule has 2 bridgehead atoms. The topological polar surface area (TPSA) is 215 Å². The van der Waals surface area contributed by atoms with Crippen LogP contribution in [0.5, 0.6) is 0 Å². The second-order valence-corrected chi connectivity index (χ2v) is 18.3. The summed E-state index contributed by atoms with van der Waals surface area (Å²) in [4.78, 5) is 69.2. The fraction of sp³-hybridized carbons (Fsp3) is 0.585. The minimum atomic E-state index is -2.32. The summed E-state index contributed by atoms with van der Waals surface area (Å²) in [6.07, 6.45) is -10.3. The summed E-state index contributed by atoms with van der Waals surface area (Å²) < 4.78 is 24.1. The Morgan fingerprint density at radius 1 is 1.02 bits per heavy atom. The molecule has 11 atom stereocenters. The summed E-state index contributed by atoms with van der Waals surface area (Å²) in [5.41, 5.74) is -8.26. The Morgan fingerprint density at radius 3 is 2.23 bits per heavy atom. The number of ether oxygens (including phenoxy) is 4. The molecular formula is C41H51NO13S. The van der Waals surface area contributed by atoms with E-state index >= 15 is 0 Å². The molecule has 1 aromatic carbocycles. The van der Waals surface area contributed by atoms with Crippen LogP contribution < -0.4 is 5.32 Å². The molecule has 1 amide bonds. The highest BCUT2D eigenvalue weighted by Crippen LogP contribution is 2.64. The van der Waals surface area contributed by atoms with Gasteiger partial charge in [-0.3, -0.25) is 14.4 Å². The van der Waals surface area contributed by atoms with Crippen LogP contribution in [0.15, 0.2) is 59.0 Å². The Labute approximate surface area is 329 Å². The average Bonchev–Trinajstić information content (AvgIpc) is 3.67. The van der Waals surface area contributed by atoms with Gasteiger partial charge in [-0.05, 0) is 54.0 Å². The molecule has 1 saturated heterocycles. The van der Waals surface area contributed by atoms with Crippen molar-refractivity contribution in [3.8, 4) is 0 Å². The van der Waals surface area contributed by atoms with E-state index in [0.717, 1.165) is 6.92 Å². The molecule has 2 saturated carbocycles. The molecule has 56 heavy (non-hydrogen) atoms. The van der Waals surface area contributed by atoms with Gasteiger partial charge in [0.1, 0.15) is 30.0 Å². The predicted octanol–water partition coefficient (Wildman–Crippen LogP) is 2.90. The van der Waals surface area contributed by atoms with Gasteiger partial charge in [0.2, 0.25) is 0 Å². The van der Waals surface area contributed by atoms with E-state index < -0.39 is 112 Å². The Kier molecular flexibility index (Phi) is 10.7. The molecule has 0 radical (unpaired) electrons. The number of hydrogen-bond donors (Lipinski definition) is 5. The van der Waals surface area contributed by atoms with Crippen molar-refractivity contribution >= 4 is 40.9 Å². The van der Waals surface area contributed by atoms with Crippen molar-refractivity contribution in [3.05, 3.63) is 69.4 Å². The van der Waals surface area contributed by atoms with Crippen LogP contribution in [-0.4, -0.2) is 110 Å². The van der Waals surface area contributed by atoms with Gasteiger partial charge >= 0.3 is 17.9 Å². The monoisotopic (exact) mass is 797 g/mol. The molecule has 3 aliphatic carbocycles. The molecule has 6 rings (SSSR count). The summed E-state index contributed by atoms with van der Waals surface area (Å²) in [7, 11) is 0. The molecule has 1 aromatic heterocycles. The number of aliphatic hydroxyl groups is 4. The van der Waals surface area contributed by atoms with Crippen molar-refractivity contribution in [1.29, 1.82) is 0 Å². The van der Waals surface area contributed by atoms with Crippen LogP contribution in [0.3, 0.4) is 0 Å². The lowest BCUT2D eigenvalue weighted by Gasteiger charge is -2.67. The number of fused-ring (bicyclic) bond motifs is 5. The molecule has 304 valence electrons. The zero-order chi connectivity index (χ0) is 41.3. The zero-order valence-electron chi connectivity index (χ0n) is 32.7. The minimum absolute atomic E-state index is 0.0388. The lowest BCUT2D eigenvalue weighted by Crippen LogP contribution is -2.81. The van der Waals surface area contributed by atoms with Crippen molar-refractivity contribution in [2.45, 2.75) is 122 Å². The average molecular weight is 798 g/mol. The van der Waals surface area contributed by atoms with Gasteiger partial charge in [-0.2, -0.15) is 0 Å². The Bertz CT molecular complexity index is 1920. The van der Waals surface area contributed by atoms with Gasteiger partial charge in [-0.1, -0.05) is 58.9 Å². The van der Waals surface area contributed by atoms with E-state index in [1.807, 2.05) is 0 Å². The molecule has 0 spiro atoms. The highest BCUT2D eigenvalue weighted by atomic mass is 32.1. The summed E-state index contributed by atoms with van der Waals surface area (Å²) in [6, 6.07) is 10.0. The molecule has 5 N–H and O–H groups in total. The van der Waals surface area contributed by atoms with Crippen molar-refractivity contribution in [3.63, 3.8) is 0 Å². The van der Waals surface area contributed by atoms with Crippen LogP contribution in [0, 0.1) is 22.2 Å². The second kappa shape index (κ2) is 14.4. The number of aliphatic hydroxyl groups excluding tert-OH is 3. The molecule has 1 aliphatic heterocycles. The van der Waals surface area contributed by atoms with Crippen molar-refractivity contribution in [2.75, 3.05) is 6.61 Å². The van der Waals surface area contributed by atoms with E-state index in [4.69, 9.17) is 18.9 Å². The van der Waals surface area contributed by atoms with Gasteiger partial charge in [-0.15, -0.1) is 11.3 Å². The number of nitrogens with one attached hydrogen (secondary N) is 1. The number of Topliss-reactive ketones (excluding diaryl/α,β-unsaturated/α-hetero) is 1. The van der Waals surface area contributed by atoms with Gasteiger partial charge in [0, 0.05) is 25.2 Å². The fourth-order valence-electron chi connectivity index (χ4n) is 9.51. The Hall–Kier alpha value is -3.99. The summed E-state index contributed by atoms with van der Waals surface area (Å²) in [6.45, 7) is 12.1. The van der Waals surface area contributed by atoms with Gasteiger partial charge in [0.25, 0.3) is 5.91 Å². The Balaban J connectivity index is 1.49. The highest BCUT2D eigenvalue weighted by molar-refractivity contribution is 7.12. The summed E-state index contributed by atoms with van der Waals surface area (Å²) in [5.74, 6) is -5.74. The number of carbonyl (C=O) groups excluding carboxylic acids is 5. The first-order valence-corrected chi connectivity index (χ1v) is 19.5. The quantitative estimate of drug-likeness (QED) is 0.148. The molecule has 3 fully saturated rings. The molecule has 15 heteroatoms. The number of benzene rings is 1. The molecule has 2 aromatic rings. The van der Waals surface area contributed by atoms with E-state index in [2.05, 4.69) is 5.32 Å². The molecular weight excluding hydrogens is 747 g/mol. The van der Waals surface area contributed by atoms with E-state index in [1.54, 1.807) is 70.3 Å². The molecule has 2 heterocycles. The van der Waals surface area contributed by atoms with Crippen LogP contribution in [0.2, 0.25) is 0 Å². The number of rotatable bonds is 8. The van der Waals surface area contributed by atoms with Gasteiger partial charge in [-0.25, -0.2) is 9.59 Å². The van der Waals surface area contributed by atoms with Crippen molar-refractivity contribution < 1.29 is 63.3 Å². The third kappa shape index (κ3) is 6.49. The number of hydrogen-bond acceptors (Lipinski definition) is 14. The van der Waals surface area contributed by atoms with Crippen molar-refractivity contribution in [1.82, 2.24) is 5.32 Å². The molecule has 14 nitrogen and oxygen atoms in total. The van der Waals surface area contributed by atoms with Crippen molar-refractivity contribution in [2.24, 2.45) is 22.2 Å². The van der Waals surface area contributed by atoms with Gasteiger partial charge in [0.05, 0.1) is 40.5 Å². The number of ketones is 1. The Morgan fingerprint density at radius 2 is 1.68 bits per heavy atom. The first-order valence-electron chi connectivity index (χ1n) is 18.7. The van der Waals surface area contributed by atoms with E-state index in [0.29, 0.717) is 4.88 Å². The highest BCUT2D eigenvalue weighted by Gasteiger charge is 2.78.